The number of rotatable bonds is 2. The lowest BCUT2D eigenvalue weighted by atomic mass is 10.1. The number of hydrogen-bond acceptors (Lipinski definition) is 6. The van der Waals surface area contributed by atoms with Crippen molar-refractivity contribution >= 4 is 11.6 Å². The molecule has 0 bridgehead atoms. The number of β-amino-alcohol motifs (C(OH)–C–C–N with tert-alkyl or cyclic N) is 1. The highest BCUT2D eigenvalue weighted by atomic mass is 16.3. The fraction of sp³-hybridized carbons (Fsp3) is 0.333. The highest BCUT2D eigenvalue weighted by molar-refractivity contribution is 5.65. The van der Waals surface area contributed by atoms with Gasteiger partial charge in [0, 0.05) is 48.9 Å². The second kappa shape index (κ2) is 5.03. The van der Waals surface area contributed by atoms with E-state index in [9.17, 15) is 5.11 Å². The van der Waals surface area contributed by atoms with Crippen LogP contribution in [-0.4, -0.2) is 48.9 Å². The van der Waals surface area contributed by atoms with Crippen LogP contribution in [0.3, 0.4) is 0 Å². The molecule has 1 aliphatic heterocycles. The van der Waals surface area contributed by atoms with E-state index in [1.54, 1.807) is 10.7 Å². The number of aryl methyl sites for hydroxylation is 1. The monoisotopic (exact) mass is 296 g/mol. The van der Waals surface area contributed by atoms with Crippen molar-refractivity contribution in [3.05, 3.63) is 36.5 Å². The van der Waals surface area contributed by atoms with Gasteiger partial charge in [0.1, 0.15) is 0 Å². The van der Waals surface area contributed by atoms with Crippen LogP contribution in [0.5, 0.6) is 0 Å². The van der Waals surface area contributed by atoms with Crippen molar-refractivity contribution in [3.8, 4) is 11.1 Å². The smallest absolute Gasteiger partial charge is 0.225 e. The van der Waals surface area contributed by atoms with Crippen molar-refractivity contribution in [2.75, 3.05) is 18.0 Å². The zero-order valence-corrected chi connectivity index (χ0v) is 12.2. The average Bonchev–Trinajstić information content (AvgIpc) is 3.15. The summed E-state index contributed by atoms with van der Waals surface area (Å²) in [4.78, 5) is 15.4. The van der Waals surface area contributed by atoms with E-state index < -0.39 is 0 Å². The summed E-state index contributed by atoms with van der Waals surface area (Å²) in [7, 11) is 0. The first kappa shape index (κ1) is 13.1. The van der Waals surface area contributed by atoms with Crippen LogP contribution in [0, 0.1) is 6.92 Å². The second-order valence-electron chi connectivity index (χ2n) is 5.53. The highest BCUT2D eigenvalue weighted by Gasteiger charge is 2.22. The maximum absolute atomic E-state index is 9.63. The summed E-state index contributed by atoms with van der Waals surface area (Å²) < 4.78 is 1.74. The molecule has 1 aliphatic rings. The maximum Gasteiger partial charge on any atom is 0.225 e. The third-order valence-corrected chi connectivity index (χ3v) is 3.97. The van der Waals surface area contributed by atoms with E-state index in [1.807, 2.05) is 36.5 Å². The molecular weight excluding hydrogens is 280 g/mol. The lowest BCUT2D eigenvalue weighted by Crippen LogP contribution is -2.23. The van der Waals surface area contributed by atoms with E-state index in [0.29, 0.717) is 12.5 Å². The molecule has 1 fully saturated rings. The Balaban J connectivity index is 1.70. The Kier molecular flexibility index (Phi) is 3.00. The van der Waals surface area contributed by atoms with E-state index in [1.165, 1.54) is 0 Å². The number of hydrogen-bond donors (Lipinski definition) is 1. The minimum absolute atomic E-state index is 0.282. The van der Waals surface area contributed by atoms with Crippen LogP contribution in [0.1, 0.15) is 12.1 Å². The highest BCUT2D eigenvalue weighted by Crippen LogP contribution is 2.24. The zero-order chi connectivity index (χ0) is 15.1. The Morgan fingerprint density at radius 3 is 2.95 bits per heavy atom. The topological polar surface area (TPSA) is 79.4 Å². The van der Waals surface area contributed by atoms with Crippen LogP contribution in [0.15, 0.2) is 30.9 Å². The predicted octanol–water partition coefficient (Wildman–Crippen LogP) is 1.07. The van der Waals surface area contributed by atoms with Gasteiger partial charge >= 0.3 is 0 Å². The molecule has 3 aromatic rings. The predicted molar refractivity (Wildman–Crippen MR) is 81.6 cm³/mol. The van der Waals surface area contributed by atoms with E-state index in [0.717, 1.165) is 35.4 Å². The van der Waals surface area contributed by atoms with Gasteiger partial charge in [-0.05, 0) is 13.3 Å². The molecule has 0 aliphatic carbocycles. The molecule has 112 valence electrons. The van der Waals surface area contributed by atoms with E-state index >= 15 is 0 Å². The van der Waals surface area contributed by atoms with Gasteiger partial charge in [-0.2, -0.15) is 5.10 Å². The van der Waals surface area contributed by atoms with E-state index in [-0.39, 0.29) is 6.10 Å². The van der Waals surface area contributed by atoms with Crippen LogP contribution in [0.2, 0.25) is 0 Å². The van der Waals surface area contributed by atoms with Gasteiger partial charge in [-0.3, -0.25) is 0 Å². The summed E-state index contributed by atoms with van der Waals surface area (Å²) in [6, 6.07) is 1.86. The summed E-state index contributed by atoms with van der Waals surface area (Å²) in [5.74, 6) is 0.672. The Hall–Kier alpha value is -2.54. The fourth-order valence-electron chi connectivity index (χ4n) is 2.76. The summed E-state index contributed by atoms with van der Waals surface area (Å²) in [5.41, 5.74) is 3.57. The van der Waals surface area contributed by atoms with Crippen LogP contribution in [-0.2, 0) is 0 Å². The van der Waals surface area contributed by atoms with Gasteiger partial charge in [-0.15, -0.1) is 0 Å². The number of nitrogens with zero attached hydrogens (tertiary/aromatic N) is 6. The van der Waals surface area contributed by atoms with Gasteiger partial charge in [0.15, 0.2) is 5.65 Å². The standard InChI is InChI=1S/C15H16N6O/c1-10-13(11-6-16-14-2-4-18-21(14)8-11)7-17-15(19-10)20-5-3-12(22)9-20/h2,4,6-8,12,22H,3,5,9H2,1H3/t12-/m1/s1. The van der Waals surface area contributed by atoms with Crippen LogP contribution in [0.25, 0.3) is 16.8 Å². The molecule has 0 aromatic carbocycles. The zero-order valence-electron chi connectivity index (χ0n) is 12.2. The molecule has 1 atom stereocenters. The van der Waals surface area contributed by atoms with Crippen LogP contribution < -0.4 is 4.90 Å². The van der Waals surface area contributed by atoms with Crippen molar-refractivity contribution in [1.82, 2.24) is 24.6 Å². The molecule has 0 unspecified atom stereocenters. The first-order valence-electron chi connectivity index (χ1n) is 7.27. The quantitative estimate of drug-likeness (QED) is 0.762. The van der Waals surface area contributed by atoms with Crippen molar-refractivity contribution in [1.29, 1.82) is 0 Å². The Bertz CT molecular complexity index is 830. The number of aliphatic hydroxyl groups is 1. The molecule has 0 saturated carbocycles. The lowest BCUT2D eigenvalue weighted by Gasteiger charge is -2.16. The van der Waals surface area contributed by atoms with Gasteiger partial charge in [0.05, 0.1) is 18.0 Å². The maximum atomic E-state index is 9.63. The van der Waals surface area contributed by atoms with Crippen molar-refractivity contribution < 1.29 is 5.11 Å². The van der Waals surface area contributed by atoms with Gasteiger partial charge in [-0.1, -0.05) is 0 Å². The van der Waals surface area contributed by atoms with Crippen molar-refractivity contribution in [2.45, 2.75) is 19.4 Å². The number of aliphatic hydroxyl groups excluding tert-OH is 1. The first-order chi connectivity index (χ1) is 10.7. The molecule has 1 saturated heterocycles. The summed E-state index contributed by atoms with van der Waals surface area (Å²) in [5, 5.41) is 13.8. The third kappa shape index (κ3) is 2.19. The third-order valence-electron chi connectivity index (χ3n) is 3.97. The molecule has 3 aromatic heterocycles. The molecule has 22 heavy (non-hydrogen) atoms. The van der Waals surface area contributed by atoms with Crippen molar-refractivity contribution in [2.24, 2.45) is 0 Å². The minimum atomic E-state index is -0.282. The lowest BCUT2D eigenvalue weighted by molar-refractivity contribution is 0.198. The molecule has 4 heterocycles. The molecule has 1 N–H and O–H groups in total. The normalized spacial score (nSPS) is 18.3. The SMILES string of the molecule is Cc1nc(N2CC[C@@H](O)C2)ncc1-c1cnc2ccnn2c1. The number of aromatic nitrogens is 5. The van der Waals surface area contributed by atoms with Crippen LogP contribution >= 0.6 is 0 Å². The molecule has 0 spiro atoms. The van der Waals surface area contributed by atoms with Gasteiger partial charge in [-0.25, -0.2) is 19.5 Å². The molecule has 7 heteroatoms. The molecule has 0 amide bonds. The van der Waals surface area contributed by atoms with Gasteiger partial charge < -0.3 is 10.0 Å². The summed E-state index contributed by atoms with van der Waals surface area (Å²) >= 11 is 0. The Morgan fingerprint density at radius 1 is 1.27 bits per heavy atom. The Morgan fingerprint density at radius 2 is 2.18 bits per heavy atom. The van der Waals surface area contributed by atoms with Gasteiger partial charge in [0.25, 0.3) is 0 Å². The fourth-order valence-corrected chi connectivity index (χ4v) is 2.76. The minimum Gasteiger partial charge on any atom is -0.391 e. The first-order valence-corrected chi connectivity index (χ1v) is 7.27. The summed E-state index contributed by atoms with van der Waals surface area (Å²) in [6.07, 6.45) is 7.75. The largest absolute Gasteiger partial charge is 0.391 e. The number of anilines is 1. The molecule has 0 radical (unpaired) electrons. The second-order valence-corrected chi connectivity index (χ2v) is 5.53. The molecule has 7 nitrogen and oxygen atoms in total. The molecule has 4 rings (SSSR count). The summed E-state index contributed by atoms with van der Waals surface area (Å²) in [6.45, 7) is 3.35. The van der Waals surface area contributed by atoms with Crippen molar-refractivity contribution in [3.63, 3.8) is 0 Å². The van der Waals surface area contributed by atoms with E-state index in [4.69, 9.17) is 0 Å². The number of fused-ring (bicyclic) bond motifs is 1. The average molecular weight is 296 g/mol. The van der Waals surface area contributed by atoms with E-state index in [2.05, 4.69) is 20.1 Å². The van der Waals surface area contributed by atoms with Gasteiger partial charge in [0.2, 0.25) is 5.95 Å². The molecular formula is C15H16N6O. The van der Waals surface area contributed by atoms with Crippen LogP contribution in [0.4, 0.5) is 5.95 Å². The Labute approximate surface area is 127 Å².